The number of benzene rings is 2. The number of imide groups is 2. The van der Waals surface area contributed by atoms with Crippen LogP contribution in [0.3, 0.4) is 0 Å². The zero-order valence-corrected chi connectivity index (χ0v) is 19.1. The lowest BCUT2D eigenvalue weighted by atomic mass is 10.0. The molecule has 0 aliphatic carbocycles. The molecule has 4 amide bonds. The van der Waals surface area contributed by atoms with E-state index in [1.54, 1.807) is 55.5 Å². The molecule has 4 rings (SSSR count). The molecule has 34 heavy (non-hydrogen) atoms. The quantitative estimate of drug-likeness (QED) is 0.355. The van der Waals surface area contributed by atoms with Crippen LogP contribution in [-0.4, -0.2) is 30.9 Å². The largest absolute Gasteiger partial charge is 0.465 e. The van der Waals surface area contributed by atoms with Gasteiger partial charge in [-0.25, -0.2) is 14.5 Å². The first-order valence-corrected chi connectivity index (χ1v) is 10.5. The van der Waals surface area contributed by atoms with Crippen molar-refractivity contribution in [3.05, 3.63) is 82.1 Å². The summed E-state index contributed by atoms with van der Waals surface area (Å²) < 4.78 is 10.7. The summed E-state index contributed by atoms with van der Waals surface area (Å²) in [4.78, 5) is 50.9. The van der Waals surface area contributed by atoms with Crippen molar-refractivity contribution in [3.63, 3.8) is 0 Å². The number of methoxy groups -OCH3 is 1. The Kier molecular flexibility index (Phi) is 5.89. The molecule has 0 radical (unpaired) electrons. The van der Waals surface area contributed by atoms with Crippen molar-refractivity contribution >= 4 is 35.6 Å². The molecular formula is C26H22N2O6. The summed E-state index contributed by atoms with van der Waals surface area (Å²) in [5.41, 5.74) is 3.77. The molecule has 1 aliphatic rings. The van der Waals surface area contributed by atoms with Gasteiger partial charge in [0.2, 0.25) is 0 Å². The van der Waals surface area contributed by atoms with Crippen LogP contribution in [-0.2, 0) is 14.3 Å². The maximum absolute atomic E-state index is 13.1. The summed E-state index contributed by atoms with van der Waals surface area (Å²) in [5, 5.41) is 2.20. The maximum atomic E-state index is 13.1. The van der Waals surface area contributed by atoms with Crippen molar-refractivity contribution in [1.29, 1.82) is 0 Å². The molecule has 0 unspecified atom stereocenters. The Hall–Kier alpha value is -4.46. The Morgan fingerprint density at radius 3 is 2.47 bits per heavy atom. The third kappa shape index (κ3) is 4.01. The summed E-state index contributed by atoms with van der Waals surface area (Å²) in [6.45, 7) is 5.56. The van der Waals surface area contributed by atoms with Gasteiger partial charge in [0.1, 0.15) is 17.1 Å². The molecule has 172 valence electrons. The average Bonchev–Trinajstić information content (AvgIpc) is 3.27. The standard InChI is InChI=1S/C26H22N2O6/c1-14-8-9-17(12-15(14)2)28-24(30)21(23(29)27-26(28)32)13-18-10-11-22(34-18)19-6-5-7-20(16(19)3)25(31)33-4/h5-13H,1-4H3,(H,27,29,32)/b21-13+. The molecule has 8 nitrogen and oxygen atoms in total. The summed E-state index contributed by atoms with van der Waals surface area (Å²) >= 11 is 0. The van der Waals surface area contributed by atoms with E-state index >= 15 is 0 Å². The van der Waals surface area contributed by atoms with Gasteiger partial charge < -0.3 is 9.15 Å². The second-order valence-electron chi connectivity index (χ2n) is 7.90. The predicted octanol–water partition coefficient (Wildman–Crippen LogP) is 4.32. The van der Waals surface area contributed by atoms with E-state index in [1.807, 2.05) is 13.8 Å². The molecule has 0 atom stereocenters. The number of hydrogen-bond donors (Lipinski definition) is 1. The lowest BCUT2D eigenvalue weighted by Gasteiger charge is -2.26. The van der Waals surface area contributed by atoms with Gasteiger partial charge in [0.05, 0.1) is 18.4 Å². The smallest absolute Gasteiger partial charge is 0.338 e. The first-order valence-electron chi connectivity index (χ1n) is 10.5. The number of furan rings is 1. The Morgan fingerprint density at radius 2 is 1.76 bits per heavy atom. The van der Waals surface area contributed by atoms with E-state index in [-0.39, 0.29) is 11.3 Å². The minimum atomic E-state index is -0.814. The molecule has 0 spiro atoms. The Labute approximate surface area is 195 Å². The fourth-order valence-electron chi connectivity index (χ4n) is 3.71. The predicted molar refractivity (Wildman–Crippen MR) is 125 cm³/mol. The van der Waals surface area contributed by atoms with E-state index in [0.717, 1.165) is 16.0 Å². The van der Waals surface area contributed by atoms with Crippen molar-refractivity contribution in [1.82, 2.24) is 5.32 Å². The molecule has 1 saturated heterocycles. The number of barbiturate groups is 1. The van der Waals surface area contributed by atoms with Crippen LogP contribution >= 0.6 is 0 Å². The number of rotatable bonds is 4. The van der Waals surface area contributed by atoms with Crippen LogP contribution in [0.25, 0.3) is 17.4 Å². The molecule has 1 aliphatic heterocycles. The van der Waals surface area contributed by atoms with Gasteiger partial charge in [-0.3, -0.25) is 14.9 Å². The highest BCUT2D eigenvalue weighted by atomic mass is 16.5. The zero-order valence-electron chi connectivity index (χ0n) is 19.1. The summed E-state index contributed by atoms with van der Waals surface area (Å²) in [6.07, 6.45) is 1.29. The molecule has 0 bridgehead atoms. The van der Waals surface area contributed by atoms with Crippen LogP contribution in [0.5, 0.6) is 0 Å². The number of amides is 4. The SMILES string of the molecule is COC(=O)c1cccc(-c2ccc(/C=C3\C(=O)NC(=O)N(c4ccc(C)c(C)c4)C3=O)o2)c1C. The van der Waals surface area contributed by atoms with Crippen LogP contribution in [0.15, 0.2) is 58.5 Å². The average molecular weight is 458 g/mol. The normalized spacial score (nSPS) is 15.0. The van der Waals surface area contributed by atoms with Gasteiger partial charge in [-0.05, 0) is 73.9 Å². The lowest BCUT2D eigenvalue weighted by Crippen LogP contribution is -2.54. The van der Waals surface area contributed by atoms with Gasteiger partial charge in [-0.1, -0.05) is 18.2 Å². The highest BCUT2D eigenvalue weighted by Gasteiger charge is 2.37. The van der Waals surface area contributed by atoms with Crippen molar-refractivity contribution in [2.45, 2.75) is 20.8 Å². The zero-order chi connectivity index (χ0) is 24.6. The van der Waals surface area contributed by atoms with Crippen LogP contribution in [0.4, 0.5) is 10.5 Å². The van der Waals surface area contributed by atoms with Crippen LogP contribution in [0.1, 0.15) is 32.8 Å². The first-order chi connectivity index (χ1) is 16.2. The molecule has 2 heterocycles. The van der Waals surface area contributed by atoms with Crippen LogP contribution < -0.4 is 10.2 Å². The van der Waals surface area contributed by atoms with E-state index in [2.05, 4.69) is 5.32 Å². The molecule has 3 aromatic rings. The molecule has 2 aromatic carbocycles. The fourth-order valence-corrected chi connectivity index (χ4v) is 3.71. The second-order valence-corrected chi connectivity index (χ2v) is 7.90. The number of esters is 1. The number of nitrogens with one attached hydrogen (secondary N) is 1. The summed E-state index contributed by atoms with van der Waals surface area (Å²) in [7, 11) is 1.31. The number of hydrogen-bond acceptors (Lipinski definition) is 6. The highest BCUT2D eigenvalue weighted by Crippen LogP contribution is 2.30. The van der Waals surface area contributed by atoms with Crippen molar-refractivity contribution in [2.75, 3.05) is 12.0 Å². The second kappa shape index (κ2) is 8.82. The number of ether oxygens (including phenoxy) is 1. The maximum Gasteiger partial charge on any atom is 0.338 e. The molecule has 1 aromatic heterocycles. The molecule has 1 N–H and O–H groups in total. The van der Waals surface area contributed by atoms with E-state index in [0.29, 0.717) is 28.1 Å². The molecule has 0 saturated carbocycles. The van der Waals surface area contributed by atoms with Gasteiger partial charge in [0, 0.05) is 5.56 Å². The Balaban J connectivity index is 1.69. The number of anilines is 1. The van der Waals surface area contributed by atoms with Gasteiger partial charge in [0.15, 0.2) is 0 Å². The number of carbonyl (C=O) groups excluding carboxylic acids is 4. The molecule has 8 heteroatoms. The van der Waals surface area contributed by atoms with Crippen LogP contribution in [0, 0.1) is 20.8 Å². The minimum Gasteiger partial charge on any atom is -0.465 e. The Morgan fingerprint density at radius 1 is 1.00 bits per heavy atom. The fraction of sp³-hybridized carbons (Fsp3) is 0.154. The Bertz CT molecular complexity index is 1380. The number of carbonyl (C=O) groups is 4. The van der Waals surface area contributed by atoms with Crippen LogP contribution in [0.2, 0.25) is 0 Å². The number of nitrogens with zero attached hydrogens (tertiary/aromatic N) is 1. The van der Waals surface area contributed by atoms with Crippen molar-refractivity contribution in [2.24, 2.45) is 0 Å². The van der Waals surface area contributed by atoms with E-state index in [9.17, 15) is 19.2 Å². The van der Waals surface area contributed by atoms with Crippen molar-refractivity contribution < 1.29 is 28.3 Å². The highest BCUT2D eigenvalue weighted by molar-refractivity contribution is 6.39. The van der Waals surface area contributed by atoms with Gasteiger partial charge in [-0.2, -0.15) is 0 Å². The first kappa shape index (κ1) is 22.7. The lowest BCUT2D eigenvalue weighted by molar-refractivity contribution is -0.122. The van der Waals surface area contributed by atoms with E-state index < -0.39 is 23.8 Å². The number of urea groups is 1. The van der Waals surface area contributed by atoms with Gasteiger partial charge in [0.25, 0.3) is 11.8 Å². The monoisotopic (exact) mass is 458 g/mol. The summed E-state index contributed by atoms with van der Waals surface area (Å²) in [6, 6.07) is 12.8. The molecular weight excluding hydrogens is 436 g/mol. The topological polar surface area (TPSA) is 106 Å². The van der Waals surface area contributed by atoms with Gasteiger partial charge >= 0.3 is 12.0 Å². The van der Waals surface area contributed by atoms with E-state index in [1.165, 1.54) is 13.2 Å². The van der Waals surface area contributed by atoms with Crippen molar-refractivity contribution in [3.8, 4) is 11.3 Å². The molecule has 1 fully saturated rings. The van der Waals surface area contributed by atoms with E-state index in [4.69, 9.17) is 9.15 Å². The summed E-state index contributed by atoms with van der Waals surface area (Å²) in [5.74, 6) is -1.34. The van der Waals surface area contributed by atoms with Gasteiger partial charge in [-0.15, -0.1) is 0 Å². The third-order valence-corrected chi connectivity index (χ3v) is 5.77. The minimum absolute atomic E-state index is 0.237. The third-order valence-electron chi connectivity index (χ3n) is 5.77. The number of aryl methyl sites for hydroxylation is 2.